The molecule has 3 heterocycles. The van der Waals surface area contributed by atoms with Gasteiger partial charge < -0.3 is 10.6 Å². The molecule has 136 valence electrons. The fraction of sp³-hybridized carbons (Fsp3) is 0.294. The molecule has 2 N–H and O–H groups in total. The number of rotatable bonds is 4. The predicted octanol–water partition coefficient (Wildman–Crippen LogP) is 2.30. The molecule has 0 unspecified atom stereocenters. The third kappa shape index (κ3) is 3.77. The number of aryl methyl sites for hydroxylation is 1. The van der Waals surface area contributed by atoms with E-state index in [1.165, 1.54) is 11.5 Å². The molecule has 9 heteroatoms. The molecule has 1 aromatic carbocycles. The summed E-state index contributed by atoms with van der Waals surface area (Å²) in [5.74, 6) is 0.0719. The van der Waals surface area contributed by atoms with Crippen LogP contribution in [0.25, 0.3) is 11.3 Å². The van der Waals surface area contributed by atoms with Crippen molar-refractivity contribution in [3.05, 3.63) is 47.6 Å². The van der Waals surface area contributed by atoms with E-state index in [9.17, 15) is 4.79 Å². The normalized spacial score (nSPS) is 19.1. The van der Waals surface area contributed by atoms with E-state index in [4.69, 9.17) is 0 Å². The molecular formula is C17H19ClN6OS. The molecular weight excluding hydrogens is 372 g/mol. The number of hydrogen-bond acceptors (Lipinski definition) is 6. The lowest BCUT2D eigenvalue weighted by atomic mass is 9.90. The van der Waals surface area contributed by atoms with E-state index in [1.54, 1.807) is 4.68 Å². The summed E-state index contributed by atoms with van der Waals surface area (Å²) in [6, 6.07) is 7.68. The Hall–Kier alpha value is -2.29. The summed E-state index contributed by atoms with van der Waals surface area (Å²) in [5, 5.41) is 16.5. The Morgan fingerprint density at radius 3 is 2.77 bits per heavy atom. The Balaban J connectivity index is 0.00000196. The van der Waals surface area contributed by atoms with Crippen LogP contribution >= 0.6 is 23.9 Å². The van der Waals surface area contributed by atoms with Crippen LogP contribution in [0, 0.1) is 5.92 Å². The number of anilines is 1. The molecule has 2 atom stereocenters. The second kappa shape index (κ2) is 7.94. The maximum atomic E-state index is 12.7. The third-order valence-corrected chi connectivity index (χ3v) is 5.02. The van der Waals surface area contributed by atoms with Crippen LogP contribution < -0.4 is 10.6 Å². The molecule has 26 heavy (non-hydrogen) atoms. The third-order valence-electron chi connectivity index (χ3n) is 4.51. The molecule has 1 saturated heterocycles. The molecule has 2 aromatic heterocycles. The monoisotopic (exact) mass is 390 g/mol. The SMILES string of the molecule is Cl.Cn1cc([C@H]2CNC[C@@H]2C(=O)Nc2ccc(-c3csnn3)cc2)cn1. The highest BCUT2D eigenvalue weighted by Crippen LogP contribution is 2.29. The summed E-state index contributed by atoms with van der Waals surface area (Å²) in [4.78, 5) is 12.7. The molecule has 0 aliphatic carbocycles. The molecule has 1 aliphatic rings. The van der Waals surface area contributed by atoms with E-state index in [2.05, 4.69) is 25.3 Å². The van der Waals surface area contributed by atoms with E-state index in [1.807, 2.05) is 49.1 Å². The van der Waals surface area contributed by atoms with Gasteiger partial charge in [-0.3, -0.25) is 9.48 Å². The first kappa shape index (κ1) is 18.5. The van der Waals surface area contributed by atoms with Crippen LogP contribution in [0.15, 0.2) is 42.0 Å². The molecule has 3 aromatic rings. The maximum Gasteiger partial charge on any atom is 0.229 e. The predicted molar refractivity (Wildman–Crippen MR) is 104 cm³/mol. The lowest BCUT2D eigenvalue weighted by molar-refractivity contribution is -0.119. The van der Waals surface area contributed by atoms with Crippen molar-refractivity contribution in [3.63, 3.8) is 0 Å². The average molecular weight is 391 g/mol. The van der Waals surface area contributed by atoms with E-state index in [0.29, 0.717) is 6.54 Å². The number of nitrogens with one attached hydrogen (secondary N) is 2. The van der Waals surface area contributed by atoms with Crippen molar-refractivity contribution in [1.29, 1.82) is 0 Å². The number of hydrogen-bond donors (Lipinski definition) is 2. The number of aromatic nitrogens is 4. The second-order valence-corrected chi connectivity index (χ2v) is 6.79. The summed E-state index contributed by atoms with van der Waals surface area (Å²) < 4.78 is 5.64. The topological polar surface area (TPSA) is 84.7 Å². The molecule has 0 radical (unpaired) electrons. The van der Waals surface area contributed by atoms with E-state index >= 15 is 0 Å². The molecule has 0 saturated carbocycles. The number of benzene rings is 1. The summed E-state index contributed by atoms with van der Waals surface area (Å²) in [6.45, 7) is 1.47. The zero-order chi connectivity index (χ0) is 17.2. The lowest BCUT2D eigenvalue weighted by Crippen LogP contribution is -2.28. The van der Waals surface area contributed by atoms with Gasteiger partial charge in [0.25, 0.3) is 0 Å². The van der Waals surface area contributed by atoms with Gasteiger partial charge in [0.1, 0.15) is 5.69 Å². The minimum Gasteiger partial charge on any atom is -0.326 e. The minimum atomic E-state index is -0.105. The number of nitrogens with zero attached hydrogens (tertiary/aromatic N) is 4. The maximum absolute atomic E-state index is 12.7. The van der Waals surface area contributed by atoms with Crippen LogP contribution in [-0.4, -0.2) is 38.4 Å². The van der Waals surface area contributed by atoms with E-state index in [0.717, 1.165) is 29.1 Å². The Morgan fingerprint density at radius 2 is 2.12 bits per heavy atom. The van der Waals surface area contributed by atoms with Crippen LogP contribution in [0.5, 0.6) is 0 Å². The number of carbonyl (C=O) groups is 1. The highest BCUT2D eigenvalue weighted by atomic mass is 35.5. The second-order valence-electron chi connectivity index (χ2n) is 6.18. The van der Waals surface area contributed by atoms with Crippen molar-refractivity contribution in [2.45, 2.75) is 5.92 Å². The fourth-order valence-corrected chi connectivity index (χ4v) is 3.65. The number of carbonyl (C=O) groups excluding carboxylic acids is 1. The molecule has 4 rings (SSSR count). The summed E-state index contributed by atoms with van der Waals surface area (Å²) in [7, 11) is 1.89. The summed E-state index contributed by atoms with van der Waals surface area (Å²) >= 11 is 1.32. The fourth-order valence-electron chi connectivity index (χ4n) is 3.19. The van der Waals surface area contributed by atoms with Gasteiger partial charge in [0, 0.05) is 48.9 Å². The Morgan fingerprint density at radius 1 is 1.31 bits per heavy atom. The molecule has 0 bridgehead atoms. The van der Waals surface area contributed by atoms with Gasteiger partial charge in [-0.15, -0.1) is 17.5 Å². The number of amides is 1. The van der Waals surface area contributed by atoms with Crippen LogP contribution in [0.4, 0.5) is 5.69 Å². The van der Waals surface area contributed by atoms with Gasteiger partial charge in [0.15, 0.2) is 0 Å². The van der Waals surface area contributed by atoms with Crippen LogP contribution in [0.2, 0.25) is 0 Å². The van der Waals surface area contributed by atoms with E-state index in [-0.39, 0.29) is 30.2 Å². The zero-order valence-electron chi connectivity index (χ0n) is 14.1. The first-order valence-electron chi connectivity index (χ1n) is 8.08. The van der Waals surface area contributed by atoms with Gasteiger partial charge in [0.2, 0.25) is 5.91 Å². The summed E-state index contributed by atoms with van der Waals surface area (Å²) in [6.07, 6.45) is 3.82. The first-order valence-corrected chi connectivity index (χ1v) is 8.92. The van der Waals surface area contributed by atoms with Gasteiger partial charge in [-0.1, -0.05) is 16.6 Å². The molecule has 1 aliphatic heterocycles. The van der Waals surface area contributed by atoms with E-state index < -0.39 is 0 Å². The van der Waals surface area contributed by atoms with Gasteiger partial charge in [-0.25, -0.2) is 0 Å². The first-order chi connectivity index (χ1) is 12.2. The van der Waals surface area contributed by atoms with Crippen LogP contribution in [0.1, 0.15) is 11.5 Å². The van der Waals surface area contributed by atoms with Crippen LogP contribution in [0.3, 0.4) is 0 Å². The standard InChI is InChI=1S/C17H18N6OS.ClH/c1-23-9-12(6-19-23)14-7-18-8-15(14)17(24)20-13-4-2-11(3-5-13)16-10-25-22-21-16;/h2-6,9-10,14-15,18H,7-8H2,1H3,(H,20,24);1H/t14-,15+;/m1./s1. The molecule has 1 fully saturated rings. The van der Waals surface area contributed by atoms with Crippen molar-refractivity contribution < 1.29 is 4.79 Å². The largest absolute Gasteiger partial charge is 0.326 e. The zero-order valence-corrected chi connectivity index (χ0v) is 15.8. The van der Waals surface area contributed by atoms with Gasteiger partial charge >= 0.3 is 0 Å². The van der Waals surface area contributed by atoms with Crippen molar-refractivity contribution in [2.24, 2.45) is 13.0 Å². The Labute approximate surface area is 161 Å². The lowest BCUT2D eigenvalue weighted by Gasteiger charge is -2.17. The smallest absolute Gasteiger partial charge is 0.229 e. The van der Waals surface area contributed by atoms with Crippen molar-refractivity contribution in [2.75, 3.05) is 18.4 Å². The number of halogens is 1. The average Bonchev–Trinajstić information content (AvgIpc) is 3.36. The Bertz CT molecular complexity index is 864. The minimum absolute atomic E-state index is 0. The highest BCUT2D eigenvalue weighted by Gasteiger charge is 2.34. The summed E-state index contributed by atoms with van der Waals surface area (Å²) in [5.41, 5.74) is 3.72. The molecule has 0 spiro atoms. The molecule has 1 amide bonds. The highest BCUT2D eigenvalue weighted by molar-refractivity contribution is 7.03. The quantitative estimate of drug-likeness (QED) is 0.714. The van der Waals surface area contributed by atoms with Crippen molar-refractivity contribution in [1.82, 2.24) is 24.7 Å². The van der Waals surface area contributed by atoms with Crippen molar-refractivity contribution in [3.8, 4) is 11.3 Å². The Kier molecular flexibility index (Phi) is 5.65. The van der Waals surface area contributed by atoms with Crippen LogP contribution in [-0.2, 0) is 11.8 Å². The molecule has 7 nitrogen and oxygen atoms in total. The van der Waals surface area contributed by atoms with Crippen molar-refractivity contribution >= 4 is 35.5 Å². The van der Waals surface area contributed by atoms with Gasteiger partial charge in [0.05, 0.1) is 12.1 Å². The van der Waals surface area contributed by atoms with Gasteiger partial charge in [-0.05, 0) is 29.2 Å². The van der Waals surface area contributed by atoms with Gasteiger partial charge in [-0.2, -0.15) is 5.10 Å².